The molecule has 0 bridgehead atoms. The summed E-state index contributed by atoms with van der Waals surface area (Å²) in [6.45, 7) is 4.27. The Morgan fingerprint density at radius 2 is 1.44 bits per heavy atom. The highest BCUT2D eigenvalue weighted by Gasteiger charge is 2.74. The van der Waals surface area contributed by atoms with E-state index in [0.717, 1.165) is 10.5 Å². The molecule has 3 aromatic carbocycles. The number of anilines is 1. The predicted octanol–water partition coefficient (Wildman–Crippen LogP) is 4.09. The van der Waals surface area contributed by atoms with Crippen LogP contribution in [0.3, 0.4) is 0 Å². The average Bonchev–Trinajstić information content (AvgIpc) is 3.45. The van der Waals surface area contributed by atoms with E-state index >= 15 is 0 Å². The number of carbonyl (C=O) groups excluding carboxylic acids is 4. The second-order valence-electron chi connectivity index (χ2n) is 9.33. The predicted molar refractivity (Wildman–Crippen MR) is 130 cm³/mol. The Kier molecular flexibility index (Phi) is 4.95. The molecule has 0 unspecified atom stereocenters. The fourth-order valence-electron chi connectivity index (χ4n) is 5.69. The van der Waals surface area contributed by atoms with E-state index in [1.165, 1.54) is 0 Å². The van der Waals surface area contributed by atoms with Crippen LogP contribution in [0.15, 0.2) is 72.8 Å². The monoisotopic (exact) mass is 481 g/mol. The molecule has 2 saturated heterocycles. The van der Waals surface area contributed by atoms with Crippen LogP contribution in [-0.2, 0) is 14.3 Å². The van der Waals surface area contributed by atoms with E-state index in [0.29, 0.717) is 23.6 Å². The van der Waals surface area contributed by atoms with Gasteiger partial charge in [0.1, 0.15) is 5.75 Å². The van der Waals surface area contributed by atoms with Crippen LogP contribution >= 0.6 is 0 Å². The van der Waals surface area contributed by atoms with E-state index in [1.807, 2.05) is 38.1 Å². The van der Waals surface area contributed by atoms with E-state index in [9.17, 15) is 19.2 Å². The number of hydrogen-bond donors (Lipinski definition) is 0. The molecule has 3 atom stereocenters. The third-order valence-electron chi connectivity index (χ3n) is 7.33. The molecule has 3 aromatic rings. The Morgan fingerprint density at radius 1 is 0.833 bits per heavy atom. The molecule has 1 aliphatic carbocycles. The molecule has 36 heavy (non-hydrogen) atoms. The minimum atomic E-state index is -2.07. The lowest BCUT2D eigenvalue weighted by Gasteiger charge is -2.27. The van der Waals surface area contributed by atoms with Gasteiger partial charge in [0.25, 0.3) is 0 Å². The first-order valence-electron chi connectivity index (χ1n) is 11.9. The van der Waals surface area contributed by atoms with Crippen LogP contribution in [0.5, 0.6) is 5.75 Å². The number of benzene rings is 3. The first kappa shape index (κ1) is 22.4. The van der Waals surface area contributed by atoms with Gasteiger partial charge in [0.05, 0.1) is 30.2 Å². The smallest absolute Gasteiger partial charge is 0.241 e. The third-order valence-corrected chi connectivity index (χ3v) is 7.33. The number of rotatable bonds is 4. The summed E-state index contributed by atoms with van der Waals surface area (Å²) in [5.74, 6) is -3.92. The number of ether oxygens (including phenoxy) is 2. The van der Waals surface area contributed by atoms with Crippen LogP contribution in [0.1, 0.15) is 44.9 Å². The minimum absolute atomic E-state index is 0.213. The summed E-state index contributed by atoms with van der Waals surface area (Å²) in [5, 5.41) is 0. The third kappa shape index (κ3) is 2.89. The van der Waals surface area contributed by atoms with Gasteiger partial charge >= 0.3 is 0 Å². The van der Waals surface area contributed by atoms with Crippen molar-refractivity contribution in [1.82, 2.24) is 0 Å². The standard InChI is InChI=1S/C29H23NO6/c1-3-35-19-14-12-18(13-15-19)30-27(33)22-23(28(30)34)29(36-24(22)17-10-8-16(2)9-11-17)25(31)20-6-4-5-7-21(20)26(29)32/h4-15,22-24H,3H2,1-2H3/t22-,23+,24+/m0/s1. The van der Waals surface area contributed by atoms with Crippen molar-refractivity contribution in [2.75, 3.05) is 11.5 Å². The number of carbonyl (C=O) groups is 4. The molecule has 0 N–H and O–H groups in total. The quantitative estimate of drug-likeness (QED) is 0.412. The molecule has 0 aromatic heterocycles. The molecule has 180 valence electrons. The molecule has 6 rings (SSSR count). The summed E-state index contributed by atoms with van der Waals surface area (Å²) in [6, 6.07) is 20.4. The topological polar surface area (TPSA) is 90.0 Å². The normalized spacial score (nSPS) is 23.9. The van der Waals surface area contributed by atoms with Crippen molar-refractivity contribution in [2.45, 2.75) is 25.6 Å². The van der Waals surface area contributed by atoms with Crippen LogP contribution in [-0.4, -0.2) is 35.6 Å². The fourth-order valence-corrected chi connectivity index (χ4v) is 5.69. The Hall–Kier alpha value is -4.10. The van der Waals surface area contributed by atoms with Crippen LogP contribution in [0.25, 0.3) is 0 Å². The Labute approximate surface area is 207 Å². The van der Waals surface area contributed by atoms with Crippen molar-refractivity contribution >= 4 is 29.1 Å². The Morgan fingerprint density at radius 3 is 2.03 bits per heavy atom. The minimum Gasteiger partial charge on any atom is -0.494 e. The van der Waals surface area contributed by atoms with Gasteiger partial charge in [-0.15, -0.1) is 0 Å². The highest BCUT2D eigenvalue weighted by Crippen LogP contribution is 2.57. The molecule has 2 amide bonds. The number of aryl methyl sites for hydroxylation is 1. The number of Topliss-reactive ketones (excluding diaryl/α,β-unsaturated/α-hetero) is 2. The number of amides is 2. The second-order valence-corrected chi connectivity index (χ2v) is 9.33. The summed E-state index contributed by atoms with van der Waals surface area (Å²) in [4.78, 5) is 56.4. The molecule has 7 heteroatoms. The lowest BCUT2D eigenvalue weighted by molar-refractivity contribution is -0.127. The molecule has 2 aliphatic heterocycles. The number of imide groups is 1. The zero-order chi connectivity index (χ0) is 25.2. The van der Waals surface area contributed by atoms with E-state index in [-0.39, 0.29) is 11.1 Å². The molecule has 1 spiro atoms. The van der Waals surface area contributed by atoms with Gasteiger partial charge in [0.15, 0.2) is 0 Å². The van der Waals surface area contributed by atoms with Gasteiger partial charge in [-0.3, -0.25) is 19.2 Å². The molecule has 3 aliphatic rings. The van der Waals surface area contributed by atoms with Crippen LogP contribution in [0, 0.1) is 18.8 Å². The highest BCUT2D eigenvalue weighted by atomic mass is 16.5. The van der Waals surface area contributed by atoms with Crippen molar-refractivity contribution in [1.29, 1.82) is 0 Å². The molecule has 2 fully saturated rings. The van der Waals surface area contributed by atoms with Gasteiger partial charge in [-0.1, -0.05) is 54.1 Å². The van der Waals surface area contributed by atoms with Crippen molar-refractivity contribution < 1.29 is 28.7 Å². The van der Waals surface area contributed by atoms with E-state index in [2.05, 4.69) is 0 Å². The second kappa shape index (κ2) is 7.96. The van der Waals surface area contributed by atoms with Gasteiger partial charge < -0.3 is 9.47 Å². The van der Waals surface area contributed by atoms with Crippen LogP contribution < -0.4 is 9.64 Å². The van der Waals surface area contributed by atoms with Gasteiger partial charge in [0, 0.05) is 11.1 Å². The van der Waals surface area contributed by atoms with Crippen molar-refractivity contribution in [3.05, 3.63) is 95.1 Å². The molecular formula is C29H23NO6. The first-order valence-corrected chi connectivity index (χ1v) is 11.9. The highest BCUT2D eigenvalue weighted by molar-refractivity contribution is 6.37. The summed E-state index contributed by atoms with van der Waals surface area (Å²) in [5.41, 5.74) is 0.357. The summed E-state index contributed by atoms with van der Waals surface area (Å²) in [7, 11) is 0. The number of fused-ring (bicyclic) bond motifs is 3. The maximum Gasteiger partial charge on any atom is 0.241 e. The van der Waals surface area contributed by atoms with Crippen LogP contribution in [0.4, 0.5) is 5.69 Å². The number of ketones is 2. The number of nitrogens with zero attached hydrogens (tertiary/aromatic N) is 1. The fraction of sp³-hybridized carbons (Fsp3) is 0.241. The molecule has 7 nitrogen and oxygen atoms in total. The maximum atomic E-state index is 13.9. The van der Waals surface area contributed by atoms with E-state index < -0.39 is 46.9 Å². The maximum absolute atomic E-state index is 13.9. The van der Waals surface area contributed by atoms with Crippen LogP contribution in [0.2, 0.25) is 0 Å². The van der Waals surface area contributed by atoms with Gasteiger partial charge in [-0.05, 0) is 43.7 Å². The van der Waals surface area contributed by atoms with Crippen molar-refractivity contribution in [3.63, 3.8) is 0 Å². The molecule has 2 heterocycles. The number of hydrogen-bond acceptors (Lipinski definition) is 6. The van der Waals surface area contributed by atoms with Crippen molar-refractivity contribution in [2.24, 2.45) is 11.8 Å². The van der Waals surface area contributed by atoms with Gasteiger partial charge in [-0.2, -0.15) is 0 Å². The molecule has 0 saturated carbocycles. The van der Waals surface area contributed by atoms with E-state index in [1.54, 1.807) is 48.5 Å². The molecule has 0 radical (unpaired) electrons. The lowest BCUT2D eigenvalue weighted by atomic mass is 9.77. The van der Waals surface area contributed by atoms with Crippen molar-refractivity contribution in [3.8, 4) is 5.75 Å². The summed E-state index contributed by atoms with van der Waals surface area (Å²) in [6.07, 6.45) is -0.929. The Bertz CT molecular complexity index is 1390. The lowest BCUT2D eigenvalue weighted by Crippen LogP contribution is -2.51. The SMILES string of the molecule is CCOc1ccc(N2C(=O)[C@@H]3[C@@H](c4ccc(C)cc4)OC4(C(=O)c5ccccc5C4=O)[C@H]3C2=O)cc1. The zero-order valence-corrected chi connectivity index (χ0v) is 19.8. The van der Waals surface area contributed by atoms with E-state index in [4.69, 9.17) is 9.47 Å². The summed E-state index contributed by atoms with van der Waals surface area (Å²) >= 11 is 0. The molecular weight excluding hydrogens is 458 g/mol. The van der Waals surface area contributed by atoms with Gasteiger partial charge in [-0.25, -0.2) is 4.90 Å². The average molecular weight is 482 g/mol. The first-order chi connectivity index (χ1) is 17.4. The zero-order valence-electron chi connectivity index (χ0n) is 19.8. The largest absolute Gasteiger partial charge is 0.494 e. The summed E-state index contributed by atoms with van der Waals surface area (Å²) < 4.78 is 11.8. The Balaban J connectivity index is 1.49. The van der Waals surface area contributed by atoms with Gasteiger partial charge in [0.2, 0.25) is 29.0 Å².